The summed E-state index contributed by atoms with van der Waals surface area (Å²) >= 11 is 8.08. The monoisotopic (exact) mass is 340 g/mol. The van der Waals surface area contributed by atoms with Crippen LogP contribution in [-0.2, 0) is 0 Å². The SMILES string of the molecule is C=CCC(O)(C(F)(F)F)C(F)(F)C(F)(Cl)C(F)(F)Cl. The third-order valence-corrected chi connectivity index (χ3v) is 3.01. The summed E-state index contributed by atoms with van der Waals surface area (Å²) in [5.74, 6) is -6.15. The Kier molecular flexibility index (Phi) is 4.85. The summed E-state index contributed by atoms with van der Waals surface area (Å²) in [5, 5.41) is -2.33. The number of hydrogen-bond acceptors (Lipinski definition) is 1. The minimum absolute atomic E-state index is 0.140. The van der Waals surface area contributed by atoms with Crippen LogP contribution in [0, 0.1) is 0 Å². The van der Waals surface area contributed by atoms with Crippen LogP contribution in [0.3, 0.4) is 0 Å². The fourth-order valence-corrected chi connectivity index (χ4v) is 1.34. The van der Waals surface area contributed by atoms with Gasteiger partial charge < -0.3 is 5.11 Å². The van der Waals surface area contributed by atoms with Crippen molar-refractivity contribution < 1.29 is 40.2 Å². The maximum absolute atomic E-state index is 13.3. The van der Waals surface area contributed by atoms with Crippen molar-refractivity contribution in [3.05, 3.63) is 12.7 Å². The molecule has 0 aliphatic heterocycles. The Bertz CT molecular complexity index is 348. The van der Waals surface area contributed by atoms with Crippen LogP contribution in [0.1, 0.15) is 6.42 Å². The Morgan fingerprint density at radius 2 is 1.32 bits per heavy atom. The number of rotatable bonds is 5. The molecule has 0 aliphatic carbocycles. The number of alkyl halides is 10. The van der Waals surface area contributed by atoms with Gasteiger partial charge in [0.25, 0.3) is 0 Å². The van der Waals surface area contributed by atoms with E-state index >= 15 is 0 Å². The molecule has 19 heavy (non-hydrogen) atoms. The summed E-state index contributed by atoms with van der Waals surface area (Å²) in [6.07, 6.45) is -8.01. The molecule has 0 aromatic heterocycles. The molecular weight excluding hydrogens is 335 g/mol. The molecule has 0 bridgehead atoms. The molecule has 2 unspecified atom stereocenters. The molecule has 0 aliphatic rings. The summed E-state index contributed by atoms with van der Waals surface area (Å²) in [6.45, 7) is 2.64. The lowest BCUT2D eigenvalue weighted by Gasteiger charge is -2.42. The van der Waals surface area contributed by atoms with Gasteiger partial charge in [-0.25, -0.2) is 4.39 Å². The van der Waals surface area contributed by atoms with Crippen LogP contribution in [0.5, 0.6) is 0 Å². The third-order valence-electron chi connectivity index (χ3n) is 2.18. The van der Waals surface area contributed by atoms with Crippen molar-refractivity contribution in [1.82, 2.24) is 0 Å². The zero-order chi connectivity index (χ0) is 15.9. The summed E-state index contributed by atoms with van der Waals surface area (Å²) in [5.41, 5.74) is -5.20. The highest BCUT2D eigenvalue weighted by Crippen LogP contribution is 2.58. The lowest BCUT2D eigenvalue weighted by molar-refractivity contribution is -0.358. The summed E-state index contributed by atoms with van der Waals surface area (Å²) in [7, 11) is 0. The zero-order valence-corrected chi connectivity index (χ0v) is 10.2. The van der Waals surface area contributed by atoms with Gasteiger partial charge >= 0.3 is 22.6 Å². The smallest absolute Gasteiger partial charge is 0.375 e. The van der Waals surface area contributed by atoms with Gasteiger partial charge in [-0.3, -0.25) is 0 Å². The van der Waals surface area contributed by atoms with Crippen LogP contribution in [-0.4, -0.2) is 33.3 Å². The molecule has 2 atom stereocenters. The Balaban J connectivity index is 6.03. The highest BCUT2D eigenvalue weighted by molar-refractivity contribution is 6.33. The van der Waals surface area contributed by atoms with Crippen molar-refractivity contribution in [2.75, 3.05) is 0 Å². The maximum Gasteiger partial charge on any atom is 0.423 e. The van der Waals surface area contributed by atoms with Crippen molar-refractivity contribution in [3.8, 4) is 0 Å². The highest BCUT2D eigenvalue weighted by atomic mass is 35.5. The maximum atomic E-state index is 13.3. The van der Waals surface area contributed by atoms with Gasteiger partial charge in [0, 0.05) is 6.42 Å². The average Bonchev–Trinajstić information content (AvgIpc) is 2.13. The molecule has 0 aromatic carbocycles. The van der Waals surface area contributed by atoms with Crippen molar-refractivity contribution in [1.29, 1.82) is 0 Å². The topological polar surface area (TPSA) is 20.2 Å². The van der Waals surface area contributed by atoms with Crippen LogP contribution >= 0.6 is 23.2 Å². The first kappa shape index (κ1) is 18.7. The van der Waals surface area contributed by atoms with E-state index in [2.05, 4.69) is 29.8 Å². The number of aliphatic hydroxyl groups is 1. The van der Waals surface area contributed by atoms with Gasteiger partial charge in [0.2, 0.25) is 5.60 Å². The molecule has 0 saturated heterocycles. The molecule has 0 rings (SSSR count). The molecule has 1 nitrogen and oxygen atoms in total. The van der Waals surface area contributed by atoms with Gasteiger partial charge in [-0.2, -0.15) is 30.7 Å². The van der Waals surface area contributed by atoms with Gasteiger partial charge in [0.15, 0.2) is 0 Å². The quantitative estimate of drug-likeness (QED) is 0.451. The Hall–Kier alpha value is -0.280. The molecule has 0 amide bonds. The highest BCUT2D eigenvalue weighted by Gasteiger charge is 2.82. The van der Waals surface area contributed by atoms with Gasteiger partial charge in [-0.1, -0.05) is 17.7 Å². The molecule has 1 N–H and O–H groups in total. The Morgan fingerprint density at radius 3 is 1.53 bits per heavy atom. The standard InChI is InChI=1S/C8H6Cl2F8O/c1-2-3-4(19,8(16,17)18)6(12,13)5(9,11)7(10,14)15/h2,19H,1,3H2. The van der Waals surface area contributed by atoms with E-state index in [1.165, 1.54) is 0 Å². The molecule has 114 valence electrons. The minimum atomic E-state index is -6.17. The second-order valence-corrected chi connectivity index (χ2v) is 4.49. The van der Waals surface area contributed by atoms with E-state index in [4.69, 9.17) is 5.11 Å². The summed E-state index contributed by atoms with van der Waals surface area (Å²) < 4.78 is 102. The predicted molar refractivity (Wildman–Crippen MR) is 51.3 cm³/mol. The summed E-state index contributed by atoms with van der Waals surface area (Å²) in [4.78, 5) is 0. The van der Waals surface area contributed by atoms with Crippen LogP contribution in [0.15, 0.2) is 12.7 Å². The second kappa shape index (κ2) is 4.92. The van der Waals surface area contributed by atoms with Crippen molar-refractivity contribution in [2.45, 2.75) is 34.6 Å². The van der Waals surface area contributed by atoms with E-state index in [0.29, 0.717) is 0 Å². The first-order chi connectivity index (χ1) is 8.06. The number of hydrogen-bond donors (Lipinski definition) is 1. The van der Waals surface area contributed by atoms with Gasteiger partial charge in [-0.15, -0.1) is 6.58 Å². The average molecular weight is 341 g/mol. The lowest BCUT2D eigenvalue weighted by atomic mass is 9.87. The zero-order valence-electron chi connectivity index (χ0n) is 8.72. The molecule has 0 fully saturated rings. The van der Waals surface area contributed by atoms with Gasteiger partial charge in [0.1, 0.15) is 0 Å². The predicted octanol–water partition coefficient (Wildman–Crippen LogP) is 4.23. The normalized spacial score (nSPS) is 20.6. The molecule has 0 aromatic rings. The molecule has 0 heterocycles. The molecule has 0 saturated carbocycles. The van der Waals surface area contributed by atoms with E-state index in [0.717, 1.165) is 0 Å². The van der Waals surface area contributed by atoms with Crippen LogP contribution in [0.2, 0.25) is 0 Å². The van der Waals surface area contributed by atoms with Crippen molar-refractivity contribution in [3.63, 3.8) is 0 Å². The van der Waals surface area contributed by atoms with E-state index in [9.17, 15) is 35.1 Å². The van der Waals surface area contributed by atoms with E-state index in [1.807, 2.05) is 0 Å². The first-order valence-electron chi connectivity index (χ1n) is 4.28. The Morgan fingerprint density at radius 1 is 0.947 bits per heavy atom. The Labute approximate surface area is 111 Å². The molecule has 0 spiro atoms. The van der Waals surface area contributed by atoms with Gasteiger partial charge in [-0.05, 0) is 11.6 Å². The molecule has 0 radical (unpaired) electrons. The summed E-state index contributed by atoms with van der Waals surface area (Å²) in [6, 6.07) is 0. The molecule has 11 heteroatoms. The van der Waals surface area contributed by atoms with Crippen LogP contribution < -0.4 is 0 Å². The van der Waals surface area contributed by atoms with Crippen molar-refractivity contribution in [2.24, 2.45) is 0 Å². The van der Waals surface area contributed by atoms with E-state index < -0.39 is 34.6 Å². The fraction of sp³-hybridized carbons (Fsp3) is 0.750. The number of halogens is 10. The fourth-order valence-electron chi connectivity index (χ4n) is 1.07. The first-order valence-corrected chi connectivity index (χ1v) is 5.04. The van der Waals surface area contributed by atoms with Gasteiger partial charge in [0.05, 0.1) is 0 Å². The minimum Gasteiger partial charge on any atom is -0.375 e. The van der Waals surface area contributed by atoms with Crippen LogP contribution in [0.25, 0.3) is 0 Å². The third kappa shape index (κ3) is 2.78. The molecular formula is C8H6Cl2F8O. The van der Waals surface area contributed by atoms with E-state index in [-0.39, 0.29) is 6.08 Å². The van der Waals surface area contributed by atoms with Crippen molar-refractivity contribution >= 4 is 23.2 Å². The largest absolute Gasteiger partial charge is 0.423 e. The lowest BCUT2D eigenvalue weighted by Crippen LogP contribution is -2.68. The van der Waals surface area contributed by atoms with Crippen LogP contribution in [0.4, 0.5) is 35.1 Å². The second-order valence-electron chi connectivity index (χ2n) is 3.50. The van der Waals surface area contributed by atoms with E-state index in [1.54, 1.807) is 0 Å².